The van der Waals surface area contributed by atoms with E-state index in [9.17, 15) is 9.59 Å². The first-order valence-corrected chi connectivity index (χ1v) is 12.7. The lowest BCUT2D eigenvalue weighted by molar-refractivity contribution is -0.122. The molecule has 0 saturated carbocycles. The first-order chi connectivity index (χ1) is 17.1. The highest BCUT2D eigenvalue weighted by Gasteiger charge is 2.38. The van der Waals surface area contributed by atoms with Crippen LogP contribution in [0.1, 0.15) is 34.3 Å². The Morgan fingerprint density at radius 1 is 0.886 bits per heavy atom. The molecule has 1 unspecified atom stereocenters. The van der Waals surface area contributed by atoms with Gasteiger partial charge in [0, 0.05) is 35.8 Å². The summed E-state index contributed by atoms with van der Waals surface area (Å²) in [6, 6.07) is 24.5. The van der Waals surface area contributed by atoms with Crippen LogP contribution in [-0.2, 0) is 17.8 Å². The first-order valence-electron chi connectivity index (χ1n) is 12.3. The molecule has 3 aromatic carbocycles. The molecule has 2 aliphatic rings. The van der Waals surface area contributed by atoms with Crippen molar-refractivity contribution in [3.8, 4) is 0 Å². The number of fused-ring (bicyclic) bond motifs is 1. The van der Waals surface area contributed by atoms with Gasteiger partial charge in [-0.2, -0.15) is 0 Å². The van der Waals surface area contributed by atoms with Gasteiger partial charge in [-0.25, -0.2) is 0 Å². The van der Waals surface area contributed by atoms with E-state index in [1.807, 2.05) is 54.6 Å². The van der Waals surface area contributed by atoms with Crippen molar-refractivity contribution < 1.29 is 9.59 Å². The molecule has 1 saturated heterocycles. The lowest BCUT2D eigenvalue weighted by atomic mass is 9.96. The van der Waals surface area contributed by atoms with Crippen LogP contribution in [0.4, 0.5) is 5.69 Å². The maximum absolute atomic E-state index is 13.4. The molecule has 0 aliphatic carbocycles. The molecule has 1 atom stereocenters. The summed E-state index contributed by atoms with van der Waals surface area (Å²) in [6.45, 7) is 3.59. The molecular formula is C29H30ClN3O2. The van der Waals surface area contributed by atoms with Gasteiger partial charge >= 0.3 is 0 Å². The predicted octanol–water partition coefficient (Wildman–Crippen LogP) is 4.94. The van der Waals surface area contributed by atoms with E-state index in [2.05, 4.69) is 22.3 Å². The van der Waals surface area contributed by atoms with Gasteiger partial charge in [0.2, 0.25) is 5.91 Å². The van der Waals surface area contributed by atoms with E-state index < -0.39 is 6.04 Å². The van der Waals surface area contributed by atoms with Gasteiger partial charge in [0.25, 0.3) is 5.91 Å². The second-order valence-corrected chi connectivity index (χ2v) is 9.92. The molecule has 180 valence electrons. The van der Waals surface area contributed by atoms with Crippen LogP contribution >= 0.6 is 11.6 Å². The number of benzene rings is 3. The van der Waals surface area contributed by atoms with Crippen molar-refractivity contribution in [2.45, 2.75) is 31.8 Å². The Morgan fingerprint density at radius 2 is 1.57 bits per heavy atom. The van der Waals surface area contributed by atoms with E-state index in [-0.39, 0.29) is 11.8 Å². The minimum atomic E-state index is -0.523. The third kappa shape index (κ3) is 5.42. The van der Waals surface area contributed by atoms with Crippen molar-refractivity contribution >= 4 is 29.1 Å². The molecule has 6 heteroatoms. The molecule has 2 amide bonds. The minimum absolute atomic E-state index is 0.0749. The van der Waals surface area contributed by atoms with E-state index in [1.54, 1.807) is 17.0 Å². The number of anilines is 1. The third-order valence-corrected chi connectivity index (χ3v) is 7.36. The summed E-state index contributed by atoms with van der Waals surface area (Å²) in [5.74, 6) is 0.239. The van der Waals surface area contributed by atoms with E-state index in [0.29, 0.717) is 24.4 Å². The Labute approximate surface area is 211 Å². The summed E-state index contributed by atoms with van der Waals surface area (Å²) in [6.07, 6.45) is 2.64. The molecule has 5 rings (SSSR count). The molecule has 0 spiro atoms. The fourth-order valence-corrected chi connectivity index (χ4v) is 5.25. The van der Waals surface area contributed by atoms with Crippen LogP contribution in [0.15, 0.2) is 78.9 Å². The minimum Gasteiger partial charge on any atom is -0.354 e. The smallest absolute Gasteiger partial charge is 0.259 e. The average Bonchev–Trinajstić information content (AvgIpc) is 3.29. The quantitative estimate of drug-likeness (QED) is 0.535. The number of hydrogen-bond donors (Lipinski definition) is 1. The molecule has 1 N–H and O–H groups in total. The summed E-state index contributed by atoms with van der Waals surface area (Å²) in [5, 5.41) is 3.93. The molecule has 2 heterocycles. The Kier molecular flexibility index (Phi) is 7.16. The molecule has 1 fully saturated rings. The number of nitrogens with one attached hydrogen (secondary N) is 1. The summed E-state index contributed by atoms with van der Waals surface area (Å²) in [7, 11) is 0. The number of rotatable bonds is 6. The summed E-state index contributed by atoms with van der Waals surface area (Å²) in [5.41, 5.74) is 3.73. The normalized spacial score (nSPS) is 18.3. The number of likely N-dealkylation sites (tertiary alicyclic amines) is 1. The van der Waals surface area contributed by atoms with Crippen LogP contribution in [0, 0.1) is 5.92 Å². The summed E-state index contributed by atoms with van der Waals surface area (Å²) in [4.78, 5) is 30.8. The predicted molar refractivity (Wildman–Crippen MR) is 140 cm³/mol. The van der Waals surface area contributed by atoms with E-state index in [1.165, 1.54) is 5.56 Å². The Morgan fingerprint density at radius 3 is 2.31 bits per heavy atom. The van der Waals surface area contributed by atoms with Gasteiger partial charge in [-0.1, -0.05) is 60.1 Å². The van der Waals surface area contributed by atoms with Gasteiger partial charge in [0.1, 0.15) is 6.04 Å². The Balaban J connectivity index is 1.18. The standard InChI is InChI=1S/C29H30ClN3O2/c30-25-12-10-22(11-13-25)20-32-16-14-21(15-17-32)19-31-28(34)27-18-24-8-4-5-9-26(24)33(27)29(35)23-6-2-1-3-7-23/h1-13,21,27H,14-20H2,(H,31,34). The molecule has 0 radical (unpaired) electrons. The maximum Gasteiger partial charge on any atom is 0.259 e. The monoisotopic (exact) mass is 487 g/mol. The van der Waals surface area contributed by atoms with Crippen LogP contribution in [0.3, 0.4) is 0 Å². The third-order valence-electron chi connectivity index (χ3n) is 7.11. The number of carbonyl (C=O) groups is 2. The summed E-state index contributed by atoms with van der Waals surface area (Å²) >= 11 is 5.99. The van der Waals surface area contributed by atoms with Crippen LogP contribution in [0.2, 0.25) is 5.02 Å². The molecule has 2 aliphatic heterocycles. The number of carbonyl (C=O) groups excluding carboxylic acids is 2. The zero-order valence-electron chi connectivity index (χ0n) is 19.7. The zero-order valence-corrected chi connectivity index (χ0v) is 20.5. The first kappa shape index (κ1) is 23.6. The van der Waals surface area contributed by atoms with Crippen molar-refractivity contribution in [1.82, 2.24) is 10.2 Å². The lowest BCUT2D eigenvalue weighted by Gasteiger charge is -2.32. The van der Waals surface area contributed by atoms with E-state index in [4.69, 9.17) is 11.6 Å². The van der Waals surface area contributed by atoms with Gasteiger partial charge in [0.15, 0.2) is 0 Å². The van der Waals surface area contributed by atoms with E-state index in [0.717, 1.165) is 48.7 Å². The fraction of sp³-hybridized carbons (Fsp3) is 0.310. The molecule has 0 aromatic heterocycles. The van der Waals surface area contributed by atoms with Crippen LogP contribution < -0.4 is 10.2 Å². The zero-order chi connectivity index (χ0) is 24.2. The largest absolute Gasteiger partial charge is 0.354 e. The van der Waals surface area contributed by atoms with Gasteiger partial charge in [0.05, 0.1) is 0 Å². The SMILES string of the molecule is O=C(NCC1CCN(Cc2ccc(Cl)cc2)CC1)C1Cc2ccccc2N1C(=O)c1ccccc1. The maximum atomic E-state index is 13.4. The van der Waals surface area contributed by atoms with Gasteiger partial charge in [-0.15, -0.1) is 0 Å². The Bertz CT molecular complexity index is 1170. The van der Waals surface area contributed by atoms with Crippen molar-refractivity contribution in [3.63, 3.8) is 0 Å². The number of nitrogens with zero attached hydrogens (tertiary/aromatic N) is 2. The van der Waals surface area contributed by atoms with Gasteiger partial charge in [-0.05, 0) is 73.3 Å². The second-order valence-electron chi connectivity index (χ2n) is 9.48. The average molecular weight is 488 g/mol. The fourth-order valence-electron chi connectivity index (χ4n) is 5.13. The Hall–Kier alpha value is -3.15. The van der Waals surface area contributed by atoms with Crippen LogP contribution in [-0.4, -0.2) is 42.4 Å². The van der Waals surface area contributed by atoms with Crippen molar-refractivity contribution in [2.75, 3.05) is 24.5 Å². The van der Waals surface area contributed by atoms with Crippen molar-refractivity contribution in [2.24, 2.45) is 5.92 Å². The second kappa shape index (κ2) is 10.6. The highest BCUT2D eigenvalue weighted by molar-refractivity contribution is 6.30. The number of piperidine rings is 1. The molecular weight excluding hydrogens is 458 g/mol. The number of hydrogen-bond acceptors (Lipinski definition) is 3. The molecule has 0 bridgehead atoms. The highest BCUT2D eigenvalue weighted by atomic mass is 35.5. The number of para-hydroxylation sites is 1. The van der Waals surface area contributed by atoms with Gasteiger partial charge < -0.3 is 5.32 Å². The van der Waals surface area contributed by atoms with Crippen LogP contribution in [0.25, 0.3) is 0 Å². The van der Waals surface area contributed by atoms with Crippen molar-refractivity contribution in [3.05, 3.63) is 101 Å². The number of amides is 2. The van der Waals surface area contributed by atoms with Crippen molar-refractivity contribution in [1.29, 1.82) is 0 Å². The summed E-state index contributed by atoms with van der Waals surface area (Å²) < 4.78 is 0. The molecule has 3 aromatic rings. The lowest BCUT2D eigenvalue weighted by Crippen LogP contribution is -2.49. The molecule has 35 heavy (non-hydrogen) atoms. The molecule has 5 nitrogen and oxygen atoms in total. The number of halogens is 1. The van der Waals surface area contributed by atoms with Crippen LogP contribution in [0.5, 0.6) is 0 Å². The van der Waals surface area contributed by atoms with E-state index >= 15 is 0 Å². The topological polar surface area (TPSA) is 52.7 Å². The highest BCUT2D eigenvalue weighted by Crippen LogP contribution is 2.33. The van der Waals surface area contributed by atoms with Gasteiger partial charge in [-0.3, -0.25) is 19.4 Å².